The summed E-state index contributed by atoms with van der Waals surface area (Å²) in [7, 11) is 0. The average molecular weight is 260 g/mol. The van der Waals surface area contributed by atoms with Crippen LogP contribution in [0.2, 0.25) is 0 Å². The molecule has 0 spiro atoms. The van der Waals surface area contributed by atoms with Crippen molar-refractivity contribution >= 4 is 32.7 Å². The van der Waals surface area contributed by atoms with E-state index in [4.69, 9.17) is 4.42 Å². The minimum absolute atomic E-state index is 0.976. The van der Waals surface area contributed by atoms with Gasteiger partial charge in [-0.2, -0.15) is 0 Å². The number of benzene rings is 3. The van der Waals surface area contributed by atoms with Gasteiger partial charge in [0.25, 0.3) is 0 Å². The van der Waals surface area contributed by atoms with Gasteiger partial charge in [-0.3, -0.25) is 0 Å². The third-order valence-corrected chi connectivity index (χ3v) is 4.27. The van der Waals surface area contributed by atoms with Crippen molar-refractivity contribution in [1.29, 1.82) is 0 Å². The van der Waals surface area contributed by atoms with E-state index in [1.165, 1.54) is 32.7 Å². The van der Waals surface area contributed by atoms with Crippen molar-refractivity contribution < 1.29 is 4.42 Å². The number of para-hydroxylation sites is 1. The summed E-state index contributed by atoms with van der Waals surface area (Å²) in [6.07, 6.45) is 1.04. The van der Waals surface area contributed by atoms with Crippen molar-refractivity contribution in [2.45, 2.75) is 20.3 Å². The van der Waals surface area contributed by atoms with E-state index in [0.717, 1.165) is 17.6 Å². The summed E-state index contributed by atoms with van der Waals surface area (Å²) in [6.45, 7) is 4.44. The van der Waals surface area contributed by atoms with Gasteiger partial charge in [0.15, 0.2) is 0 Å². The molecule has 0 saturated heterocycles. The van der Waals surface area contributed by atoms with E-state index < -0.39 is 0 Å². The zero-order valence-corrected chi connectivity index (χ0v) is 11.7. The van der Waals surface area contributed by atoms with Gasteiger partial charge in [0.2, 0.25) is 0 Å². The second-order valence-corrected chi connectivity index (χ2v) is 5.31. The number of aryl methyl sites for hydroxylation is 2. The maximum absolute atomic E-state index is 6.15. The lowest BCUT2D eigenvalue weighted by Crippen LogP contribution is -1.90. The molecule has 0 bridgehead atoms. The van der Waals surface area contributed by atoms with E-state index in [9.17, 15) is 0 Å². The summed E-state index contributed by atoms with van der Waals surface area (Å²) < 4.78 is 6.15. The first-order valence-corrected chi connectivity index (χ1v) is 7.12. The van der Waals surface area contributed by atoms with E-state index in [-0.39, 0.29) is 0 Å². The Morgan fingerprint density at radius 2 is 1.50 bits per heavy atom. The van der Waals surface area contributed by atoms with Gasteiger partial charge in [-0.1, -0.05) is 49.4 Å². The highest BCUT2D eigenvalue weighted by Crippen LogP contribution is 2.38. The highest BCUT2D eigenvalue weighted by Gasteiger charge is 2.16. The van der Waals surface area contributed by atoms with Gasteiger partial charge in [0, 0.05) is 16.2 Å². The summed E-state index contributed by atoms with van der Waals surface area (Å²) in [5.41, 5.74) is 4.78. The van der Waals surface area contributed by atoms with Gasteiger partial charge < -0.3 is 4.42 Å². The molecule has 0 aliphatic heterocycles. The maximum atomic E-state index is 6.15. The van der Waals surface area contributed by atoms with E-state index >= 15 is 0 Å². The average Bonchev–Trinajstić information content (AvgIpc) is 2.88. The van der Waals surface area contributed by atoms with Gasteiger partial charge in [-0.15, -0.1) is 0 Å². The first-order valence-electron chi connectivity index (χ1n) is 7.12. The van der Waals surface area contributed by atoms with Crippen LogP contribution >= 0.6 is 0 Å². The fourth-order valence-corrected chi connectivity index (χ4v) is 3.36. The molecule has 4 rings (SSSR count). The lowest BCUT2D eigenvalue weighted by atomic mass is 9.93. The van der Waals surface area contributed by atoms with Crippen molar-refractivity contribution in [1.82, 2.24) is 0 Å². The molecule has 4 aromatic rings. The first-order chi connectivity index (χ1) is 9.81. The van der Waals surface area contributed by atoms with Crippen LogP contribution in [0, 0.1) is 6.92 Å². The largest absolute Gasteiger partial charge is 0.455 e. The van der Waals surface area contributed by atoms with Crippen molar-refractivity contribution in [3.8, 4) is 0 Å². The summed E-state index contributed by atoms with van der Waals surface area (Å²) in [6, 6.07) is 16.9. The van der Waals surface area contributed by atoms with E-state index in [2.05, 4.69) is 56.3 Å². The number of hydrogen-bond donors (Lipinski definition) is 0. The Hall–Kier alpha value is -2.28. The van der Waals surface area contributed by atoms with Crippen LogP contribution in [0.25, 0.3) is 32.7 Å². The second kappa shape index (κ2) is 4.11. The smallest absolute Gasteiger partial charge is 0.143 e. The Bertz CT molecular complexity index is 944. The zero-order chi connectivity index (χ0) is 13.7. The number of furan rings is 1. The van der Waals surface area contributed by atoms with Crippen molar-refractivity contribution in [2.24, 2.45) is 0 Å². The Morgan fingerprint density at radius 3 is 2.25 bits per heavy atom. The predicted molar refractivity (Wildman–Crippen MR) is 85.3 cm³/mol. The molecule has 0 fully saturated rings. The van der Waals surface area contributed by atoms with Crippen LogP contribution in [0.3, 0.4) is 0 Å². The van der Waals surface area contributed by atoms with Crippen molar-refractivity contribution in [3.63, 3.8) is 0 Å². The quantitative estimate of drug-likeness (QED) is 0.433. The van der Waals surface area contributed by atoms with Gasteiger partial charge in [0.1, 0.15) is 11.2 Å². The summed E-state index contributed by atoms with van der Waals surface area (Å²) in [4.78, 5) is 0. The number of rotatable bonds is 1. The maximum Gasteiger partial charge on any atom is 0.143 e. The molecule has 0 aliphatic carbocycles. The summed E-state index contributed by atoms with van der Waals surface area (Å²) in [5, 5.41) is 5.04. The third kappa shape index (κ3) is 1.38. The fourth-order valence-electron chi connectivity index (χ4n) is 3.36. The van der Waals surface area contributed by atoms with Crippen LogP contribution in [-0.4, -0.2) is 0 Å². The number of hydrogen-bond acceptors (Lipinski definition) is 1. The van der Waals surface area contributed by atoms with Crippen LogP contribution < -0.4 is 0 Å². The lowest BCUT2D eigenvalue weighted by Gasteiger charge is -2.10. The van der Waals surface area contributed by atoms with Crippen LogP contribution in [0.1, 0.15) is 18.1 Å². The van der Waals surface area contributed by atoms with Gasteiger partial charge >= 0.3 is 0 Å². The number of fused-ring (bicyclic) bond motifs is 5. The van der Waals surface area contributed by atoms with Crippen LogP contribution in [0.4, 0.5) is 0 Å². The molecule has 98 valence electrons. The molecule has 1 aromatic heterocycles. The Kier molecular flexibility index (Phi) is 2.37. The Balaban J connectivity index is 2.38. The predicted octanol–water partition coefficient (Wildman–Crippen LogP) is 5.61. The molecular formula is C19H16O. The second-order valence-electron chi connectivity index (χ2n) is 5.31. The third-order valence-electron chi connectivity index (χ3n) is 4.27. The van der Waals surface area contributed by atoms with Gasteiger partial charge in [0.05, 0.1) is 0 Å². The SMILES string of the molecule is CCc1c(C)c2c3ccccc3oc2c2ccccc12. The van der Waals surface area contributed by atoms with Crippen molar-refractivity contribution in [3.05, 3.63) is 59.7 Å². The van der Waals surface area contributed by atoms with Crippen molar-refractivity contribution in [2.75, 3.05) is 0 Å². The summed E-state index contributed by atoms with van der Waals surface area (Å²) in [5.74, 6) is 0. The first kappa shape index (κ1) is 11.5. The highest BCUT2D eigenvalue weighted by atomic mass is 16.3. The summed E-state index contributed by atoms with van der Waals surface area (Å²) >= 11 is 0. The lowest BCUT2D eigenvalue weighted by molar-refractivity contribution is 0.672. The van der Waals surface area contributed by atoms with Gasteiger partial charge in [-0.05, 0) is 35.9 Å². The van der Waals surface area contributed by atoms with Gasteiger partial charge in [-0.25, -0.2) is 0 Å². The van der Waals surface area contributed by atoms with E-state index in [0.29, 0.717) is 0 Å². The molecular weight excluding hydrogens is 244 g/mol. The molecule has 0 amide bonds. The molecule has 1 heterocycles. The molecule has 20 heavy (non-hydrogen) atoms. The van der Waals surface area contributed by atoms with Crippen LogP contribution in [0.5, 0.6) is 0 Å². The normalized spacial score (nSPS) is 11.7. The molecule has 1 nitrogen and oxygen atoms in total. The monoisotopic (exact) mass is 260 g/mol. The molecule has 3 aromatic carbocycles. The Morgan fingerprint density at radius 1 is 0.850 bits per heavy atom. The minimum Gasteiger partial charge on any atom is -0.455 e. The Labute approximate surface area is 117 Å². The minimum atomic E-state index is 0.976. The molecule has 0 saturated carbocycles. The molecule has 0 aliphatic rings. The fraction of sp³-hybridized carbons (Fsp3) is 0.158. The molecule has 0 atom stereocenters. The molecule has 0 radical (unpaired) electrons. The van der Waals surface area contributed by atoms with E-state index in [1.807, 2.05) is 6.07 Å². The van der Waals surface area contributed by atoms with E-state index in [1.54, 1.807) is 0 Å². The topological polar surface area (TPSA) is 13.1 Å². The standard InChI is InChI=1S/C19H16O/c1-3-13-12(2)18-16-10-6-7-11-17(16)20-19(18)15-9-5-4-8-14(13)15/h4-11H,3H2,1-2H3. The van der Waals surface area contributed by atoms with Crippen LogP contribution in [-0.2, 0) is 6.42 Å². The molecule has 0 N–H and O–H groups in total. The van der Waals surface area contributed by atoms with Crippen LogP contribution in [0.15, 0.2) is 52.9 Å². The zero-order valence-electron chi connectivity index (χ0n) is 11.7. The molecule has 0 unspecified atom stereocenters. The molecule has 1 heteroatoms. The highest BCUT2D eigenvalue weighted by molar-refractivity contribution is 6.17.